The van der Waals surface area contributed by atoms with E-state index in [9.17, 15) is 9.90 Å². The maximum atomic E-state index is 12.1. The van der Waals surface area contributed by atoms with E-state index in [1.54, 1.807) is 0 Å². The number of hydrogen-bond donors (Lipinski definition) is 1. The lowest BCUT2D eigenvalue weighted by molar-refractivity contribution is -0.155. The fourth-order valence-corrected chi connectivity index (χ4v) is 2.44. The molecule has 0 fully saturated rings. The fourth-order valence-electron chi connectivity index (χ4n) is 2.44. The summed E-state index contributed by atoms with van der Waals surface area (Å²) in [6, 6.07) is 7.97. The van der Waals surface area contributed by atoms with Crippen molar-refractivity contribution in [3.8, 4) is 0 Å². The molecule has 0 amide bonds. The second kappa shape index (κ2) is 6.27. The Morgan fingerprint density at radius 1 is 1.24 bits per heavy atom. The monoisotopic (exact) mass is 286 g/mol. The van der Waals surface area contributed by atoms with Crippen molar-refractivity contribution in [1.29, 1.82) is 0 Å². The van der Waals surface area contributed by atoms with Gasteiger partial charge in [-0.15, -0.1) is 0 Å². The molecule has 3 heteroatoms. The van der Waals surface area contributed by atoms with Gasteiger partial charge in [-0.25, -0.2) is 0 Å². The van der Waals surface area contributed by atoms with Crippen LogP contribution < -0.4 is 0 Å². The van der Waals surface area contributed by atoms with Crippen LogP contribution in [0.15, 0.2) is 42.0 Å². The van der Waals surface area contributed by atoms with Crippen LogP contribution in [0, 0.1) is 0 Å². The van der Waals surface area contributed by atoms with E-state index < -0.39 is 5.60 Å². The number of aliphatic hydroxyl groups excluding tert-OH is 1. The van der Waals surface area contributed by atoms with E-state index in [1.807, 2.05) is 63.3 Å². The summed E-state index contributed by atoms with van der Waals surface area (Å²) in [6.07, 6.45) is 6.10. The number of ether oxygens (including phenoxy) is 1. The lowest BCUT2D eigenvalue weighted by atomic mass is 9.91. The van der Waals surface area contributed by atoms with Gasteiger partial charge in [0.05, 0.1) is 13.0 Å². The molecule has 1 aliphatic rings. The third kappa shape index (κ3) is 4.30. The molecule has 0 radical (unpaired) electrons. The molecule has 3 nitrogen and oxygen atoms in total. The van der Waals surface area contributed by atoms with E-state index in [0.29, 0.717) is 0 Å². The molecule has 0 spiro atoms. The van der Waals surface area contributed by atoms with Crippen molar-refractivity contribution >= 4 is 12.0 Å². The number of carbonyl (C=O) groups excluding carboxylic acids is 1. The van der Waals surface area contributed by atoms with Gasteiger partial charge in [0, 0.05) is 5.92 Å². The third-order valence-electron chi connectivity index (χ3n) is 3.28. The number of aliphatic hydroxyl groups is 1. The van der Waals surface area contributed by atoms with Gasteiger partial charge in [0.1, 0.15) is 5.60 Å². The predicted octanol–water partition coefficient (Wildman–Crippen LogP) is 3.45. The summed E-state index contributed by atoms with van der Waals surface area (Å²) in [7, 11) is 0. The Morgan fingerprint density at radius 3 is 2.62 bits per heavy atom. The van der Waals surface area contributed by atoms with Crippen molar-refractivity contribution in [2.24, 2.45) is 0 Å². The van der Waals surface area contributed by atoms with Gasteiger partial charge >= 0.3 is 5.97 Å². The van der Waals surface area contributed by atoms with Crippen molar-refractivity contribution in [2.75, 3.05) is 6.61 Å². The summed E-state index contributed by atoms with van der Waals surface area (Å²) in [5, 5.41) is 9.40. The van der Waals surface area contributed by atoms with Gasteiger partial charge in [-0.1, -0.05) is 42.5 Å². The number of hydrogen-bond acceptors (Lipinski definition) is 3. The molecule has 0 heterocycles. The van der Waals surface area contributed by atoms with Crippen LogP contribution in [0.3, 0.4) is 0 Å². The molecule has 21 heavy (non-hydrogen) atoms. The number of benzene rings is 1. The Hall–Kier alpha value is -1.87. The molecule has 0 aliphatic heterocycles. The van der Waals surface area contributed by atoms with Crippen molar-refractivity contribution in [3.05, 3.63) is 53.1 Å². The van der Waals surface area contributed by atoms with Gasteiger partial charge in [0.15, 0.2) is 0 Å². The predicted molar refractivity (Wildman–Crippen MR) is 83.8 cm³/mol. The van der Waals surface area contributed by atoms with Crippen LogP contribution in [-0.4, -0.2) is 23.3 Å². The zero-order chi connectivity index (χ0) is 15.5. The number of rotatable bonds is 3. The summed E-state index contributed by atoms with van der Waals surface area (Å²) in [6.45, 7) is 5.56. The van der Waals surface area contributed by atoms with Gasteiger partial charge in [-0.3, -0.25) is 4.79 Å². The lowest BCUT2D eigenvalue weighted by Gasteiger charge is -2.22. The maximum Gasteiger partial charge on any atom is 0.307 e. The highest BCUT2D eigenvalue weighted by Crippen LogP contribution is 2.30. The van der Waals surface area contributed by atoms with E-state index in [2.05, 4.69) is 0 Å². The van der Waals surface area contributed by atoms with E-state index in [4.69, 9.17) is 4.74 Å². The van der Waals surface area contributed by atoms with Gasteiger partial charge in [-0.05, 0) is 37.5 Å². The average Bonchev–Trinajstić information content (AvgIpc) is 2.57. The standard InChI is InChI=1S/C18H22O3/c1-18(2,3)21-17(20)11-15-10-13(12-19)8-9-14-6-4-5-7-16(14)15/h4-10,15,19H,11-12H2,1-3H3. The maximum absolute atomic E-state index is 12.1. The minimum atomic E-state index is -0.483. The van der Waals surface area contributed by atoms with Crippen LogP contribution in [0.2, 0.25) is 0 Å². The summed E-state index contributed by atoms with van der Waals surface area (Å²) in [5.74, 6) is -0.300. The number of allylic oxidation sites excluding steroid dienone is 1. The zero-order valence-electron chi connectivity index (χ0n) is 12.8. The smallest absolute Gasteiger partial charge is 0.307 e. The molecule has 112 valence electrons. The highest BCUT2D eigenvalue weighted by molar-refractivity contribution is 5.73. The summed E-state index contributed by atoms with van der Waals surface area (Å²) in [4.78, 5) is 12.1. The molecule has 0 aromatic heterocycles. The number of carbonyl (C=O) groups is 1. The van der Waals surface area contributed by atoms with Crippen molar-refractivity contribution in [2.45, 2.75) is 38.7 Å². The number of fused-ring (bicyclic) bond motifs is 1. The van der Waals surface area contributed by atoms with Crippen molar-refractivity contribution in [1.82, 2.24) is 0 Å². The molecule has 1 unspecified atom stereocenters. The van der Waals surface area contributed by atoms with Gasteiger partial charge in [-0.2, -0.15) is 0 Å². The van der Waals surface area contributed by atoms with Crippen LogP contribution in [0.1, 0.15) is 44.2 Å². The molecule has 1 aliphatic carbocycles. The molecule has 2 rings (SSSR count). The summed E-state index contributed by atoms with van der Waals surface area (Å²) < 4.78 is 5.41. The zero-order valence-corrected chi connectivity index (χ0v) is 12.8. The van der Waals surface area contributed by atoms with E-state index in [0.717, 1.165) is 16.7 Å². The minimum Gasteiger partial charge on any atom is -0.460 e. The Labute approximate surface area is 125 Å². The van der Waals surface area contributed by atoms with E-state index in [-0.39, 0.29) is 24.9 Å². The molecule has 1 atom stereocenters. The second-order valence-corrected chi connectivity index (χ2v) is 6.26. The highest BCUT2D eigenvalue weighted by Gasteiger charge is 2.22. The Balaban J connectivity index is 2.26. The largest absolute Gasteiger partial charge is 0.460 e. The number of esters is 1. The first kappa shape index (κ1) is 15.5. The van der Waals surface area contributed by atoms with E-state index in [1.165, 1.54) is 0 Å². The molecule has 1 aromatic rings. The minimum absolute atomic E-state index is 0.0324. The summed E-state index contributed by atoms with van der Waals surface area (Å²) >= 11 is 0. The second-order valence-electron chi connectivity index (χ2n) is 6.26. The third-order valence-corrected chi connectivity index (χ3v) is 3.28. The summed E-state index contributed by atoms with van der Waals surface area (Å²) in [5.41, 5.74) is 2.50. The quantitative estimate of drug-likeness (QED) is 0.866. The molecular formula is C18H22O3. The van der Waals surface area contributed by atoms with Crippen LogP contribution in [0.5, 0.6) is 0 Å². The van der Waals surface area contributed by atoms with Crippen molar-refractivity contribution in [3.63, 3.8) is 0 Å². The van der Waals surface area contributed by atoms with Crippen LogP contribution >= 0.6 is 0 Å². The molecule has 0 bridgehead atoms. The van der Waals surface area contributed by atoms with Crippen molar-refractivity contribution < 1.29 is 14.6 Å². The van der Waals surface area contributed by atoms with Gasteiger partial charge in [0.25, 0.3) is 0 Å². The Morgan fingerprint density at radius 2 is 1.95 bits per heavy atom. The molecule has 1 aromatic carbocycles. The topological polar surface area (TPSA) is 46.5 Å². The average molecular weight is 286 g/mol. The Kier molecular flexibility index (Phi) is 4.63. The first-order valence-electron chi connectivity index (χ1n) is 7.19. The molecular weight excluding hydrogens is 264 g/mol. The first-order valence-corrected chi connectivity index (χ1v) is 7.19. The van der Waals surface area contributed by atoms with Crippen LogP contribution in [0.4, 0.5) is 0 Å². The first-order chi connectivity index (χ1) is 9.89. The SMILES string of the molecule is CC(C)(C)OC(=O)CC1C=C(CO)C=Cc2ccccc21. The van der Waals surface area contributed by atoms with E-state index >= 15 is 0 Å². The molecule has 0 saturated heterocycles. The van der Waals surface area contributed by atoms with Crippen LogP contribution in [-0.2, 0) is 9.53 Å². The Bertz CT molecular complexity index is 576. The highest BCUT2D eigenvalue weighted by atomic mass is 16.6. The van der Waals surface area contributed by atoms with Gasteiger partial charge in [0.2, 0.25) is 0 Å². The van der Waals surface area contributed by atoms with Crippen LogP contribution in [0.25, 0.3) is 6.08 Å². The van der Waals surface area contributed by atoms with Gasteiger partial charge < -0.3 is 9.84 Å². The normalized spacial score (nSPS) is 17.7. The molecule has 1 N–H and O–H groups in total. The molecule has 0 saturated carbocycles. The lowest BCUT2D eigenvalue weighted by Crippen LogP contribution is -2.24. The fraction of sp³-hybridized carbons (Fsp3) is 0.389.